The largest absolute Gasteiger partial charge is 0.493 e. The van der Waals surface area contributed by atoms with Gasteiger partial charge in [-0.1, -0.05) is 18.2 Å². The van der Waals surface area contributed by atoms with Crippen LogP contribution in [0.5, 0.6) is 11.5 Å². The molecule has 0 saturated carbocycles. The number of carbonyl (C=O) groups excluding carboxylic acids is 1. The molecule has 3 rings (SSSR count). The fourth-order valence-corrected chi connectivity index (χ4v) is 4.24. The van der Waals surface area contributed by atoms with Crippen molar-refractivity contribution in [3.05, 3.63) is 53.6 Å². The topological polar surface area (TPSA) is 93.7 Å². The molecule has 0 bridgehead atoms. The zero-order chi connectivity index (χ0) is 20.1. The van der Waals surface area contributed by atoms with Crippen LogP contribution in [0, 0.1) is 0 Å². The summed E-state index contributed by atoms with van der Waals surface area (Å²) in [7, 11) is -0.470. The molecule has 1 amide bonds. The predicted octanol–water partition coefficient (Wildman–Crippen LogP) is 1.83. The van der Waals surface area contributed by atoms with Crippen LogP contribution < -0.4 is 19.5 Å². The van der Waals surface area contributed by atoms with E-state index in [2.05, 4.69) is 10.0 Å². The molecule has 2 aromatic carbocycles. The van der Waals surface area contributed by atoms with Crippen LogP contribution in [0.15, 0.2) is 47.4 Å². The molecular formula is C20H24N2O5S. The van der Waals surface area contributed by atoms with Crippen molar-refractivity contribution in [3.63, 3.8) is 0 Å². The molecule has 0 aliphatic carbocycles. The Morgan fingerprint density at radius 3 is 2.39 bits per heavy atom. The lowest BCUT2D eigenvalue weighted by Crippen LogP contribution is -2.26. The van der Waals surface area contributed by atoms with Crippen LogP contribution in [-0.4, -0.2) is 41.6 Å². The number of amides is 1. The average molecular weight is 404 g/mol. The smallest absolute Gasteiger partial charge is 0.240 e. The highest BCUT2D eigenvalue weighted by Crippen LogP contribution is 2.28. The van der Waals surface area contributed by atoms with Crippen LogP contribution in [0.3, 0.4) is 0 Å². The van der Waals surface area contributed by atoms with Gasteiger partial charge in [0, 0.05) is 25.4 Å². The first-order valence-electron chi connectivity index (χ1n) is 9.00. The molecule has 150 valence electrons. The van der Waals surface area contributed by atoms with Crippen LogP contribution in [0.1, 0.15) is 23.5 Å². The molecule has 1 aliphatic rings. The summed E-state index contributed by atoms with van der Waals surface area (Å²) >= 11 is 0. The van der Waals surface area contributed by atoms with Gasteiger partial charge < -0.3 is 14.8 Å². The molecule has 28 heavy (non-hydrogen) atoms. The van der Waals surface area contributed by atoms with E-state index in [9.17, 15) is 13.2 Å². The molecule has 0 aromatic heterocycles. The Morgan fingerprint density at radius 2 is 1.79 bits per heavy atom. The van der Waals surface area contributed by atoms with Crippen molar-refractivity contribution in [1.82, 2.24) is 10.0 Å². The van der Waals surface area contributed by atoms with E-state index >= 15 is 0 Å². The van der Waals surface area contributed by atoms with Crippen LogP contribution in [0.2, 0.25) is 0 Å². The lowest BCUT2D eigenvalue weighted by molar-refractivity contribution is -0.119. The Kier molecular flexibility index (Phi) is 6.21. The molecule has 1 aliphatic heterocycles. The van der Waals surface area contributed by atoms with Crippen LogP contribution in [0.4, 0.5) is 0 Å². The predicted molar refractivity (Wildman–Crippen MR) is 105 cm³/mol. The molecular weight excluding hydrogens is 380 g/mol. The van der Waals surface area contributed by atoms with Gasteiger partial charge in [0.2, 0.25) is 15.9 Å². The highest BCUT2D eigenvalue weighted by molar-refractivity contribution is 7.89. The minimum atomic E-state index is -3.60. The van der Waals surface area contributed by atoms with E-state index in [4.69, 9.17) is 9.47 Å². The summed E-state index contributed by atoms with van der Waals surface area (Å²) in [6, 6.07) is 12.2. The van der Waals surface area contributed by atoms with Gasteiger partial charge in [-0.15, -0.1) is 0 Å². The van der Waals surface area contributed by atoms with Crippen LogP contribution in [-0.2, 0) is 21.2 Å². The van der Waals surface area contributed by atoms with E-state index in [0.717, 1.165) is 11.1 Å². The van der Waals surface area contributed by atoms with Crippen molar-refractivity contribution in [2.75, 3.05) is 27.3 Å². The number of benzene rings is 2. The summed E-state index contributed by atoms with van der Waals surface area (Å²) in [6.45, 7) is 0.856. The van der Waals surface area contributed by atoms with Gasteiger partial charge in [-0.05, 0) is 41.8 Å². The number of carbonyl (C=O) groups is 1. The number of rotatable bonds is 8. The van der Waals surface area contributed by atoms with Gasteiger partial charge >= 0.3 is 0 Å². The van der Waals surface area contributed by atoms with Gasteiger partial charge in [0.05, 0.1) is 19.1 Å². The SMILES string of the molecule is COc1ccc(CCNS(=O)(=O)c2ccc([C@@H]3CNC(=O)C3)cc2)cc1OC. The molecule has 2 N–H and O–H groups in total. The number of nitrogens with one attached hydrogen (secondary N) is 2. The van der Waals surface area contributed by atoms with Gasteiger partial charge in [0.25, 0.3) is 0 Å². The lowest BCUT2D eigenvalue weighted by Gasteiger charge is -2.11. The van der Waals surface area contributed by atoms with Crippen molar-refractivity contribution in [3.8, 4) is 11.5 Å². The van der Waals surface area contributed by atoms with E-state index < -0.39 is 10.0 Å². The van der Waals surface area contributed by atoms with Gasteiger partial charge in [-0.2, -0.15) is 0 Å². The summed E-state index contributed by atoms with van der Waals surface area (Å²) in [5.74, 6) is 1.37. The van der Waals surface area contributed by atoms with Crippen molar-refractivity contribution in [2.24, 2.45) is 0 Å². The number of hydrogen-bond acceptors (Lipinski definition) is 5. The first kappa shape index (κ1) is 20.2. The number of ether oxygens (including phenoxy) is 2. The quantitative estimate of drug-likeness (QED) is 0.700. The molecule has 0 unspecified atom stereocenters. The third kappa shape index (κ3) is 4.63. The average Bonchev–Trinajstić information content (AvgIpc) is 3.14. The molecule has 7 nitrogen and oxygen atoms in total. The van der Waals surface area contributed by atoms with Crippen molar-refractivity contribution >= 4 is 15.9 Å². The molecule has 1 heterocycles. The Balaban J connectivity index is 1.60. The van der Waals surface area contributed by atoms with Crippen LogP contribution >= 0.6 is 0 Å². The monoisotopic (exact) mass is 404 g/mol. The Hall–Kier alpha value is -2.58. The van der Waals surface area contributed by atoms with E-state index in [0.29, 0.717) is 30.9 Å². The normalized spacial score (nSPS) is 16.6. The van der Waals surface area contributed by atoms with E-state index in [-0.39, 0.29) is 23.3 Å². The van der Waals surface area contributed by atoms with E-state index in [1.807, 2.05) is 12.1 Å². The third-order valence-corrected chi connectivity index (χ3v) is 6.27. The second kappa shape index (κ2) is 8.62. The molecule has 8 heteroatoms. The zero-order valence-electron chi connectivity index (χ0n) is 15.9. The molecule has 0 radical (unpaired) electrons. The first-order valence-corrected chi connectivity index (χ1v) is 10.5. The van der Waals surface area contributed by atoms with Crippen molar-refractivity contribution in [2.45, 2.75) is 23.7 Å². The highest BCUT2D eigenvalue weighted by Gasteiger charge is 2.23. The first-order chi connectivity index (χ1) is 13.4. The minimum Gasteiger partial charge on any atom is -0.493 e. The summed E-state index contributed by atoms with van der Waals surface area (Å²) in [6.07, 6.45) is 0.962. The van der Waals surface area contributed by atoms with Crippen molar-refractivity contribution in [1.29, 1.82) is 0 Å². The van der Waals surface area contributed by atoms with E-state index in [1.54, 1.807) is 44.6 Å². The summed E-state index contributed by atoms with van der Waals surface area (Å²) in [4.78, 5) is 11.5. The summed E-state index contributed by atoms with van der Waals surface area (Å²) < 4.78 is 38.1. The van der Waals surface area contributed by atoms with Crippen LogP contribution in [0.25, 0.3) is 0 Å². The van der Waals surface area contributed by atoms with Gasteiger partial charge in [-0.25, -0.2) is 13.1 Å². The molecule has 1 saturated heterocycles. The summed E-state index contributed by atoms with van der Waals surface area (Å²) in [5, 5.41) is 2.79. The fourth-order valence-electron chi connectivity index (χ4n) is 3.21. The second-order valence-electron chi connectivity index (χ2n) is 6.61. The Bertz CT molecular complexity index is 942. The maximum Gasteiger partial charge on any atom is 0.240 e. The van der Waals surface area contributed by atoms with E-state index in [1.165, 1.54) is 0 Å². The molecule has 1 atom stereocenters. The number of hydrogen-bond donors (Lipinski definition) is 2. The maximum atomic E-state index is 12.5. The Morgan fingerprint density at radius 1 is 1.07 bits per heavy atom. The molecule has 0 spiro atoms. The standard InChI is InChI=1S/C20H24N2O5S/c1-26-18-8-3-14(11-19(18)27-2)9-10-22-28(24,25)17-6-4-15(5-7-17)16-12-20(23)21-13-16/h3-8,11,16,22H,9-10,12-13H2,1-2H3,(H,21,23)/t16-/m0/s1. The van der Waals surface area contributed by atoms with Crippen molar-refractivity contribution < 1.29 is 22.7 Å². The minimum absolute atomic E-state index is 0.0264. The molecule has 2 aromatic rings. The van der Waals surface area contributed by atoms with Gasteiger partial charge in [0.15, 0.2) is 11.5 Å². The zero-order valence-corrected chi connectivity index (χ0v) is 16.7. The molecule has 1 fully saturated rings. The highest BCUT2D eigenvalue weighted by atomic mass is 32.2. The summed E-state index contributed by atoms with van der Waals surface area (Å²) in [5.41, 5.74) is 1.90. The lowest BCUT2D eigenvalue weighted by atomic mass is 9.99. The number of methoxy groups -OCH3 is 2. The fraction of sp³-hybridized carbons (Fsp3) is 0.350. The number of sulfonamides is 1. The van der Waals surface area contributed by atoms with Gasteiger partial charge in [0.1, 0.15) is 0 Å². The Labute approximate surface area is 165 Å². The third-order valence-electron chi connectivity index (χ3n) is 4.79. The van der Waals surface area contributed by atoms with Gasteiger partial charge in [-0.3, -0.25) is 4.79 Å². The second-order valence-corrected chi connectivity index (χ2v) is 8.38. The maximum absolute atomic E-state index is 12.5.